The van der Waals surface area contributed by atoms with Crippen LogP contribution >= 0.6 is 0 Å². The number of nitrogens with zero attached hydrogens (tertiary/aromatic N) is 1. The minimum atomic E-state index is -0.895. The molecule has 0 radical (unpaired) electrons. The van der Waals surface area contributed by atoms with Crippen LogP contribution in [0.3, 0.4) is 0 Å². The first-order valence-electron chi connectivity index (χ1n) is 5.78. The van der Waals surface area contributed by atoms with Crippen LogP contribution in [0, 0.1) is 0 Å². The first-order chi connectivity index (χ1) is 8.22. The molecule has 0 fully saturated rings. The number of anilines is 2. The summed E-state index contributed by atoms with van der Waals surface area (Å²) in [4.78, 5) is 13.1. The second kappa shape index (κ2) is 5.05. The number of carboxylic acid groups (broad SMARTS) is 1. The molecule has 0 saturated heterocycles. The Hall–Kier alpha value is -1.75. The average Bonchev–Trinajstić information content (AvgIpc) is 2.35. The van der Waals surface area contributed by atoms with Gasteiger partial charge < -0.3 is 21.1 Å². The third kappa shape index (κ3) is 2.50. The fraction of sp³-hybridized carbons (Fsp3) is 0.417. The topological polar surface area (TPSA) is 78.6 Å². The highest BCUT2D eigenvalue weighted by Crippen LogP contribution is 2.29. The van der Waals surface area contributed by atoms with Crippen LogP contribution in [0.15, 0.2) is 18.2 Å². The van der Waals surface area contributed by atoms with Crippen LogP contribution in [0.1, 0.15) is 16.8 Å². The van der Waals surface area contributed by atoms with E-state index >= 15 is 0 Å². The lowest BCUT2D eigenvalue weighted by molar-refractivity contribution is 0.0697. The predicted octanol–water partition coefficient (Wildman–Crippen LogP) is 0.966. The van der Waals surface area contributed by atoms with Gasteiger partial charge >= 0.3 is 5.97 Å². The van der Waals surface area contributed by atoms with Gasteiger partial charge in [-0.3, -0.25) is 0 Å². The number of rotatable bonds is 4. The largest absolute Gasteiger partial charge is 0.478 e. The van der Waals surface area contributed by atoms with E-state index in [-0.39, 0.29) is 0 Å². The van der Waals surface area contributed by atoms with E-state index in [9.17, 15) is 4.79 Å². The molecule has 0 amide bonds. The Morgan fingerprint density at radius 2 is 2.35 bits per heavy atom. The molecule has 0 aromatic heterocycles. The van der Waals surface area contributed by atoms with Crippen molar-refractivity contribution in [2.24, 2.45) is 5.73 Å². The number of nitrogens with one attached hydrogen (secondary N) is 1. The quantitative estimate of drug-likeness (QED) is 0.724. The Balaban J connectivity index is 2.23. The fourth-order valence-electron chi connectivity index (χ4n) is 2.05. The number of carboxylic acids is 1. The highest BCUT2D eigenvalue weighted by molar-refractivity contribution is 5.91. The summed E-state index contributed by atoms with van der Waals surface area (Å²) < 4.78 is 0. The Morgan fingerprint density at radius 1 is 1.53 bits per heavy atom. The van der Waals surface area contributed by atoms with E-state index in [1.807, 2.05) is 6.07 Å². The monoisotopic (exact) mass is 235 g/mol. The maximum absolute atomic E-state index is 10.9. The van der Waals surface area contributed by atoms with Gasteiger partial charge in [0.2, 0.25) is 0 Å². The van der Waals surface area contributed by atoms with Crippen LogP contribution in [-0.4, -0.2) is 37.3 Å². The number of aromatic carboxylic acids is 1. The van der Waals surface area contributed by atoms with Gasteiger partial charge in [0, 0.05) is 19.6 Å². The normalized spacial score (nSPS) is 14.1. The number of carbonyl (C=O) groups is 1. The van der Waals surface area contributed by atoms with E-state index in [2.05, 4.69) is 10.2 Å². The molecule has 4 N–H and O–H groups in total. The number of benzene rings is 1. The van der Waals surface area contributed by atoms with E-state index in [1.54, 1.807) is 12.1 Å². The minimum absolute atomic E-state index is 0.317. The molecule has 1 aliphatic rings. The number of nitrogens with two attached hydrogens (primary N) is 1. The summed E-state index contributed by atoms with van der Waals surface area (Å²) in [6.07, 6.45) is 0.945. The summed E-state index contributed by atoms with van der Waals surface area (Å²) >= 11 is 0. The molecule has 17 heavy (non-hydrogen) atoms. The lowest BCUT2D eigenvalue weighted by Crippen LogP contribution is -2.35. The van der Waals surface area contributed by atoms with Crippen molar-refractivity contribution in [2.45, 2.75) is 6.42 Å². The van der Waals surface area contributed by atoms with Crippen molar-refractivity contribution in [3.8, 4) is 0 Å². The zero-order valence-corrected chi connectivity index (χ0v) is 9.65. The van der Waals surface area contributed by atoms with Crippen LogP contribution in [-0.2, 0) is 0 Å². The van der Waals surface area contributed by atoms with Crippen molar-refractivity contribution < 1.29 is 9.90 Å². The summed E-state index contributed by atoms with van der Waals surface area (Å²) in [5.74, 6) is -0.895. The van der Waals surface area contributed by atoms with E-state index in [1.165, 1.54) is 0 Å². The first kappa shape index (κ1) is 11.7. The third-order valence-corrected chi connectivity index (χ3v) is 2.91. The second-order valence-corrected chi connectivity index (χ2v) is 4.09. The number of hydrogen-bond acceptors (Lipinski definition) is 4. The Morgan fingerprint density at radius 3 is 3.06 bits per heavy atom. The van der Waals surface area contributed by atoms with Crippen molar-refractivity contribution >= 4 is 17.3 Å². The Labute approximate surface area is 100 Å². The van der Waals surface area contributed by atoms with Gasteiger partial charge in [-0.1, -0.05) is 0 Å². The fourth-order valence-corrected chi connectivity index (χ4v) is 2.05. The number of hydrogen-bond donors (Lipinski definition) is 3. The Bertz CT molecular complexity index is 420. The van der Waals surface area contributed by atoms with Crippen LogP contribution in [0.25, 0.3) is 0 Å². The first-order valence-corrected chi connectivity index (χ1v) is 5.78. The van der Waals surface area contributed by atoms with Gasteiger partial charge in [0.15, 0.2) is 0 Å². The molecule has 0 atom stereocenters. The van der Waals surface area contributed by atoms with Crippen LogP contribution < -0.4 is 16.0 Å². The molecule has 1 aromatic rings. The SMILES string of the molecule is NCCCN1CCNc2cc(C(=O)O)ccc21. The van der Waals surface area contributed by atoms with Crippen LogP contribution in [0.2, 0.25) is 0 Å². The van der Waals surface area contributed by atoms with Crippen molar-refractivity contribution in [1.29, 1.82) is 0 Å². The second-order valence-electron chi connectivity index (χ2n) is 4.09. The zero-order valence-electron chi connectivity index (χ0n) is 9.65. The van der Waals surface area contributed by atoms with E-state index in [0.717, 1.165) is 37.4 Å². The van der Waals surface area contributed by atoms with Gasteiger partial charge in [-0.2, -0.15) is 0 Å². The standard InChI is InChI=1S/C12H17N3O2/c13-4-1-6-15-7-5-14-10-8-9(12(16)17)2-3-11(10)15/h2-3,8,14H,1,4-7,13H2,(H,16,17). The molecule has 2 rings (SSSR count). The van der Waals surface area contributed by atoms with E-state index in [0.29, 0.717) is 12.1 Å². The molecular formula is C12H17N3O2. The van der Waals surface area contributed by atoms with Crippen molar-refractivity contribution in [3.63, 3.8) is 0 Å². The maximum Gasteiger partial charge on any atom is 0.335 e. The van der Waals surface area contributed by atoms with Gasteiger partial charge in [-0.05, 0) is 31.2 Å². The summed E-state index contributed by atoms with van der Waals surface area (Å²) in [5, 5.41) is 12.2. The highest BCUT2D eigenvalue weighted by Gasteiger charge is 2.17. The zero-order chi connectivity index (χ0) is 12.3. The molecule has 0 unspecified atom stereocenters. The molecule has 0 aliphatic carbocycles. The molecule has 5 heteroatoms. The molecule has 0 bridgehead atoms. The van der Waals surface area contributed by atoms with Crippen LogP contribution in [0.4, 0.5) is 11.4 Å². The summed E-state index contributed by atoms with van der Waals surface area (Å²) in [6, 6.07) is 5.19. The number of fused-ring (bicyclic) bond motifs is 1. The van der Waals surface area contributed by atoms with Crippen molar-refractivity contribution in [1.82, 2.24) is 0 Å². The van der Waals surface area contributed by atoms with Gasteiger partial charge in [0.05, 0.1) is 16.9 Å². The van der Waals surface area contributed by atoms with Gasteiger partial charge in [-0.25, -0.2) is 4.79 Å². The molecule has 0 spiro atoms. The van der Waals surface area contributed by atoms with E-state index in [4.69, 9.17) is 10.8 Å². The molecular weight excluding hydrogens is 218 g/mol. The summed E-state index contributed by atoms with van der Waals surface area (Å²) in [7, 11) is 0. The molecule has 1 aliphatic heterocycles. The van der Waals surface area contributed by atoms with Gasteiger partial charge in [-0.15, -0.1) is 0 Å². The Kier molecular flexibility index (Phi) is 3.49. The predicted molar refractivity (Wildman–Crippen MR) is 67.8 cm³/mol. The lowest BCUT2D eigenvalue weighted by Gasteiger charge is -2.32. The van der Waals surface area contributed by atoms with Crippen molar-refractivity contribution in [2.75, 3.05) is 36.4 Å². The lowest BCUT2D eigenvalue weighted by atomic mass is 10.1. The summed E-state index contributed by atoms with van der Waals surface area (Å²) in [5.41, 5.74) is 7.79. The van der Waals surface area contributed by atoms with Gasteiger partial charge in [0.25, 0.3) is 0 Å². The molecule has 1 heterocycles. The molecule has 92 valence electrons. The highest BCUT2D eigenvalue weighted by atomic mass is 16.4. The van der Waals surface area contributed by atoms with Gasteiger partial charge in [0.1, 0.15) is 0 Å². The third-order valence-electron chi connectivity index (χ3n) is 2.91. The average molecular weight is 235 g/mol. The minimum Gasteiger partial charge on any atom is -0.478 e. The molecule has 0 saturated carbocycles. The van der Waals surface area contributed by atoms with E-state index < -0.39 is 5.97 Å². The smallest absolute Gasteiger partial charge is 0.335 e. The van der Waals surface area contributed by atoms with Crippen molar-refractivity contribution in [3.05, 3.63) is 23.8 Å². The van der Waals surface area contributed by atoms with Crippen LogP contribution in [0.5, 0.6) is 0 Å². The maximum atomic E-state index is 10.9. The molecule has 5 nitrogen and oxygen atoms in total. The molecule has 1 aromatic carbocycles. The summed E-state index contributed by atoms with van der Waals surface area (Å²) in [6.45, 7) is 3.35.